The Kier molecular flexibility index (Phi) is 4.06. The van der Waals surface area contributed by atoms with E-state index in [1.807, 2.05) is 12.1 Å². The molecule has 3 rings (SSSR count). The molecule has 1 aliphatic carbocycles. The summed E-state index contributed by atoms with van der Waals surface area (Å²) in [5.41, 5.74) is 3.85. The number of hydrogen-bond donors (Lipinski definition) is 1. The Labute approximate surface area is 131 Å². The zero-order valence-electron chi connectivity index (χ0n) is 11.5. The predicted octanol–water partition coefficient (Wildman–Crippen LogP) is 4.72. The molecule has 0 saturated heterocycles. The average Bonchev–Trinajstić information content (AvgIpc) is 2.47. The van der Waals surface area contributed by atoms with Gasteiger partial charge in [-0.15, -0.1) is 0 Å². The summed E-state index contributed by atoms with van der Waals surface area (Å²) in [5.74, 6) is -0.587. The summed E-state index contributed by atoms with van der Waals surface area (Å²) in [7, 11) is 0. The van der Waals surface area contributed by atoms with Crippen LogP contribution in [0.25, 0.3) is 0 Å². The molecule has 0 fully saturated rings. The molecule has 21 heavy (non-hydrogen) atoms. The molecule has 1 N–H and O–H groups in total. The largest absolute Gasteiger partial charge is 0.322 e. The van der Waals surface area contributed by atoms with Crippen molar-refractivity contribution in [1.29, 1.82) is 0 Å². The van der Waals surface area contributed by atoms with Crippen molar-refractivity contribution in [3.05, 3.63) is 63.4 Å². The maximum atomic E-state index is 13.1. The maximum Gasteiger partial charge on any atom is 0.256 e. The molecule has 0 unspecified atom stereocenters. The fourth-order valence-corrected chi connectivity index (χ4v) is 3.29. The number of nitrogens with one attached hydrogen (secondary N) is 1. The molecular formula is C17H15BrFNO. The van der Waals surface area contributed by atoms with Crippen molar-refractivity contribution >= 4 is 27.5 Å². The van der Waals surface area contributed by atoms with Crippen LogP contribution in [0.4, 0.5) is 10.1 Å². The number of carbonyl (C=O) groups excluding carboxylic acids is 1. The lowest BCUT2D eigenvalue weighted by Gasteiger charge is -2.19. The second-order valence-corrected chi connectivity index (χ2v) is 6.08. The zero-order chi connectivity index (χ0) is 14.8. The standard InChI is InChI=1S/C17H15BrFNO/c18-15-10-12(19)8-9-14(15)17(21)20-16-7-3-5-11-4-1-2-6-13(11)16/h3,5,7-10H,1-2,4,6H2,(H,20,21). The Hall–Kier alpha value is -1.68. The van der Waals surface area contributed by atoms with Crippen molar-refractivity contribution in [3.63, 3.8) is 0 Å². The smallest absolute Gasteiger partial charge is 0.256 e. The van der Waals surface area contributed by atoms with Gasteiger partial charge in [-0.1, -0.05) is 12.1 Å². The number of fused-ring (bicyclic) bond motifs is 1. The molecule has 0 aliphatic heterocycles. The number of carbonyl (C=O) groups is 1. The minimum absolute atomic E-state index is 0.221. The molecule has 1 aliphatic rings. The monoisotopic (exact) mass is 347 g/mol. The molecule has 108 valence electrons. The molecule has 0 radical (unpaired) electrons. The fraction of sp³-hybridized carbons (Fsp3) is 0.235. The van der Waals surface area contributed by atoms with E-state index in [2.05, 4.69) is 27.3 Å². The molecule has 0 spiro atoms. The quantitative estimate of drug-likeness (QED) is 0.836. The summed E-state index contributed by atoms with van der Waals surface area (Å²) in [6, 6.07) is 10.1. The Bertz CT molecular complexity index is 699. The van der Waals surface area contributed by atoms with E-state index >= 15 is 0 Å². The highest BCUT2D eigenvalue weighted by Crippen LogP contribution is 2.28. The summed E-state index contributed by atoms with van der Waals surface area (Å²) in [5, 5.41) is 2.96. The van der Waals surface area contributed by atoms with Gasteiger partial charge in [0.25, 0.3) is 5.91 Å². The number of anilines is 1. The van der Waals surface area contributed by atoms with E-state index in [1.165, 1.54) is 35.7 Å². The molecule has 0 saturated carbocycles. The maximum absolute atomic E-state index is 13.1. The van der Waals surface area contributed by atoms with Gasteiger partial charge in [0.1, 0.15) is 5.82 Å². The van der Waals surface area contributed by atoms with Crippen molar-refractivity contribution in [2.45, 2.75) is 25.7 Å². The average molecular weight is 348 g/mol. The highest BCUT2D eigenvalue weighted by molar-refractivity contribution is 9.10. The first-order valence-electron chi connectivity index (χ1n) is 7.02. The minimum Gasteiger partial charge on any atom is -0.322 e. The van der Waals surface area contributed by atoms with E-state index in [9.17, 15) is 9.18 Å². The van der Waals surface area contributed by atoms with Crippen molar-refractivity contribution in [2.75, 3.05) is 5.32 Å². The topological polar surface area (TPSA) is 29.1 Å². The molecule has 2 aromatic rings. The van der Waals surface area contributed by atoms with E-state index in [4.69, 9.17) is 0 Å². The van der Waals surface area contributed by atoms with Gasteiger partial charge in [0, 0.05) is 10.2 Å². The predicted molar refractivity (Wildman–Crippen MR) is 85.1 cm³/mol. The van der Waals surface area contributed by atoms with Crippen molar-refractivity contribution in [2.24, 2.45) is 0 Å². The highest BCUT2D eigenvalue weighted by atomic mass is 79.9. The third-order valence-electron chi connectivity index (χ3n) is 3.82. The van der Waals surface area contributed by atoms with Crippen LogP contribution in [0.2, 0.25) is 0 Å². The lowest BCUT2D eigenvalue weighted by Crippen LogP contribution is -2.16. The number of halogens is 2. The number of rotatable bonds is 2. The number of aryl methyl sites for hydroxylation is 1. The first-order valence-corrected chi connectivity index (χ1v) is 7.81. The van der Waals surface area contributed by atoms with E-state index in [-0.39, 0.29) is 11.7 Å². The van der Waals surface area contributed by atoms with Crippen LogP contribution in [-0.2, 0) is 12.8 Å². The van der Waals surface area contributed by atoms with Gasteiger partial charge >= 0.3 is 0 Å². The van der Waals surface area contributed by atoms with Crippen LogP contribution in [-0.4, -0.2) is 5.91 Å². The van der Waals surface area contributed by atoms with Gasteiger partial charge in [0.2, 0.25) is 0 Å². The lowest BCUT2D eigenvalue weighted by atomic mass is 9.90. The van der Waals surface area contributed by atoms with Gasteiger partial charge in [0.05, 0.1) is 5.56 Å². The molecular weight excluding hydrogens is 333 g/mol. The first kappa shape index (κ1) is 14.3. The van der Waals surface area contributed by atoms with Gasteiger partial charge in [-0.25, -0.2) is 4.39 Å². The molecule has 0 atom stereocenters. The van der Waals surface area contributed by atoms with Crippen molar-refractivity contribution in [3.8, 4) is 0 Å². The summed E-state index contributed by atoms with van der Waals surface area (Å²) in [6.07, 6.45) is 4.42. The van der Waals surface area contributed by atoms with Crippen LogP contribution in [0.5, 0.6) is 0 Å². The molecule has 4 heteroatoms. The van der Waals surface area contributed by atoms with Gasteiger partial charge in [-0.05, 0) is 77.0 Å². The molecule has 1 amide bonds. The minimum atomic E-state index is -0.365. The van der Waals surface area contributed by atoms with Crippen LogP contribution in [0.3, 0.4) is 0 Å². The van der Waals surface area contributed by atoms with E-state index < -0.39 is 0 Å². The molecule has 0 bridgehead atoms. The van der Waals surface area contributed by atoms with Crippen LogP contribution in [0, 0.1) is 5.82 Å². The summed E-state index contributed by atoms with van der Waals surface area (Å²) in [6.45, 7) is 0. The highest BCUT2D eigenvalue weighted by Gasteiger charge is 2.16. The van der Waals surface area contributed by atoms with Crippen LogP contribution >= 0.6 is 15.9 Å². The van der Waals surface area contributed by atoms with Gasteiger partial charge in [-0.2, -0.15) is 0 Å². The number of amides is 1. The van der Waals surface area contributed by atoms with Crippen molar-refractivity contribution < 1.29 is 9.18 Å². The zero-order valence-corrected chi connectivity index (χ0v) is 13.0. The van der Waals surface area contributed by atoms with Crippen LogP contribution < -0.4 is 5.32 Å². The van der Waals surface area contributed by atoms with Crippen LogP contribution in [0.1, 0.15) is 34.3 Å². The Balaban J connectivity index is 1.88. The Morgan fingerprint density at radius 2 is 1.95 bits per heavy atom. The van der Waals surface area contributed by atoms with Crippen molar-refractivity contribution in [1.82, 2.24) is 0 Å². The molecule has 0 heterocycles. The summed E-state index contributed by atoms with van der Waals surface area (Å²) < 4.78 is 13.6. The normalized spacial score (nSPS) is 13.6. The third kappa shape index (κ3) is 3.00. The van der Waals surface area contributed by atoms with Gasteiger partial charge in [-0.3, -0.25) is 4.79 Å². The molecule has 2 nitrogen and oxygen atoms in total. The second-order valence-electron chi connectivity index (χ2n) is 5.23. The number of benzene rings is 2. The summed E-state index contributed by atoms with van der Waals surface area (Å²) in [4.78, 5) is 12.4. The van der Waals surface area contributed by atoms with E-state index in [0.29, 0.717) is 10.0 Å². The first-order chi connectivity index (χ1) is 10.1. The summed E-state index contributed by atoms with van der Waals surface area (Å²) >= 11 is 3.24. The van der Waals surface area contributed by atoms with Gasteiger partial charge < -0.3 is 5.32 Å². The Morgan fingerprint density at radius 1 is 1.14 bits per heavy atom. The third-order valence-corrected chi connectivity index (χ3v) is 4.48. The molecule has 2 aromatic carbocycles. The molecule has 0 aromatic heterocycles. The lowest BCUT2D eigenvalue weighted by molar-refractivity contribution is 0.102. The fourth-order valence-electron chi connectivity index (χ4n) is 2.76. The number of hydrogen-bond acceptors (Lipinski definition) is 1. The van der Waals surface area contributed by atoms with E-state index in [1.54, 1.807) is 0 Å². The van der Waals surface area contributed by atoms with Gasteiger partial charge in [0.15, 0.2) is 0 Å². The second kappa shape index (κ2) is 5.98. The van der Waals surface area contributed by atoms with Crippen LogP contribution in [0.15, 0.2) is 40.9 Å². The Morgan fingerprint density at radius 3 is 2.76 bits per heavy atom. The van der Waals surface area contributed by atoms with E-state index in [0.717, 1.165) is 24.9 Å². The SMILES string of the molecule is O=C(Nc1cccc2c1CCCC2)c1ccc(F)cc1Br.